The highest BCUT2D eigenvalue weighted by Gasteiger charge is 2.13. The Morgan fingerprint density at radius 2 is 2.39 bits per heavy atom. The first kappa shape index (κ1) is 12.6. The molecule has 0 aliphatic rings. The zero-order valence-electron chi connectivity index (χ0n) is 9.97. The van der Waals surface area contributed by atoms with E-state index in [1.165, 1.54) is 11.0 Å². The Morgan fingerprint density at radius 3 is 2.94 bits per heavy atom. The van der Waals surface area contributed by atoms with Crippen molar-refractivity contribution in [2.24, 2.45) is 7.05 Å². The molecule has 18 heavy (non-hydrogen) atoms. The standard InChI is InChI=1S/C10H12ClN5O2/c1-6-7(9(11)18-15-6)3-4-8(17)14-10-12-5-13-16(10)2/h5H,3-4H2,1-2H3,(H,12,13,14,17). The average Bonchev–Trinajstić information content (AvgIpc) is 2.85. The Morgan fingerprint density at radius 1 is 1.61 bits per heavy atom. The molecule has 2 aromatic rings. The van der Waals surface area contributed by atoms with E-state index in [1.54, 1.807) is 14.0 Å². The molecular formula is C10H12ClN5O2. The number of aromatic nitrogens is 4. The summed E-state index contributed by atoms with van der Waals surface area (Å²) in [4.78, 5) is 15.6. The minimum absolute atomic E-state index is 0.164. The lowest BCUT2D eigenvalue weighted by Crippen LogP contribution is -2.15. The summed E-state index contributed by atoms with van der Waals surface area (Å²) in [5.74, 6) is 0.246. The molecule has 0 bridgehead atoms. The highest BCUT2D eigenvalue weighted by atomic mass is 35.5. The van der Waals surface area contributed by atoms with E-state index in [0.29, 0.717) is 18.1 Å². The number of carbonyl (C=O) groups excluding carboxylic acids is 1. The van der Waals surface area contributed by atoms with Crippen LogP contribution in [0.4, 0.5) is 5.95 Å². The average molecular weight is 270 g/mol. The van der Waals surface area contributed by atoms with Crippen LogP contribution in [0.25, 0.3) is 0 Å². The smallest absolute Gasteiger partial charge is 0.229 e. The van der Waals surface area contributed by atoms with Gasteiger partial charge in [0.15, 0.2) is 0 Å². The molecule has 0 aliphatic carbocycles. The summed E-state index contributed by atoms with van der Waals surface area (Å²) in [5.41, 5.74) is 1.45. The predicted molar refractivity (Wildman–Crippen MR) is 64.2 cm³/mol. The number of anilines is 1. The molecule has 2 heterocycles. The summed E-state index contributed by atoms with van der Waals surface area (Å²) in [7, 11) is 1.70. The molecule has 2 rings (SSSR count). The molecule has 96 valence electrons. The summed E-state index contributed by atoms with van der Waals surface area (Å²) in [6.45, 7) is 1.78. The number of amides is 1. The monoisotopic (exact) mass is 269 g/mol. The van der Waals surface area contributed by atoms with Gasteiger partial charge in [-0.2, -0.15) is 10.1 Å². The first-order valence-electron chi connectivity index (χ1n) is 5.32. The van der Waals surface area contributed by atoms with Crippen molar-refractivity contribution in [1.29, 1.82) is 0 Å². The van der Waals surface area contributed by atoms with Gasteiger partial charge in [0.25, 0.3) is 0 Å². The van der Waals surface area contributed by atoms with Crippen molar-refractivity contribution in [2.45, 2.75) is 19.8 Å². The summed E-state index contributed by atoms with van der Waals surface area (Å²) >= 11 is 5.81. The van der Waals surface area contributed by atoms with Crippen LogP contribution in [0.15, 0.2) is 10.9 Å². The number of hydrogen-bond acceptors (Lipinski definition) is 5. The maximum atomic E-state index is 11.7. The Kier molecular flexibility index (Phi) is 3.61. The molecule has 0 aromatic carbocycles. The number of nitrogens with zero attached hydrogens (tertiary/aromatic N) is 4. The predicted octanol–water partition coefficient (Wildman–Crippen LogP) is 1.34. The highest BCUT2D eigenvalue weighted by Crippen LogP contribution is 2.20. The van der Waals surface area contributed by atoms with Crippen molar-refractivity contribution in [3.05, 3.63) is 22.8 Å². The molecule has 0 atom stereocenters. The molecule has 0 unspecified atom stereocenters. The van der Waals surface area contributed by atoms with Gasteiger partial charge in [-0.3, -0.25) is 10.1 Å². The van der Waals surface area contributed by atoms with Gasteiger partial charge in [0, 0.05) is 19.0 Å². The molecule has 0 saturated heterocycles. The van der Waals surface area contributed by atoms with E-state index in [1.807, 2.05) is 0 Å². The molecule has 1 amide bonds. The molecule has 1 N–H and O–H groups in total. The zero-order valence-corrected chi connectivity index (χ0v) is 10.7. The zero-order chi connectivity index (χ0) is 13.1. The minimum Gasteiger partial charge on any atom is -0.344 e. The summed E-state index contributed by atoms with van der Waals surface area (Å²) in [5, 5.41) is 10.5. The van der Waals surface area contributed by atoms with Gasteiger partial charge in [0.2, 0.25) is 17.1 Å². The van der Waals surface area contributed by atoms with E-state index in [9.17, 15) is 4.79 Å². The SMILES string of the molecule is Cc1noc(Cl)c1CCC(=O)Nc1ncnn1C. The van der Waals surface area contributed by atoms with E-state index in [0.717, 1.165) is 5.56 Å². The maximum Gasteiger partial charge on any atom is 0.229 e. The molecular weight excluding hydrogens is 258 g/mol. The Labute approximate surface area is 108 Å². The van der Waals surface area contributed by atoms with Gasteiger partial charge >= 0.3 is 0 Å². The third-order valence-electron chi connectivity index (χ3n) is 2.50. The number of nitrogens with one attached hydrogen (secondary N) is 1. The normalized spacial score (nSPS) is 10.6. The van der Waals surface area contributed by atoms with E-state index in [4.69, 9.17) is 16.1 Å². The second-order valence-electron chi connectivity index (χ2n) is 3.78. The number of carbonyl (C=O) groups is 1. The van der Waals surface area contributed by atoms with Crippen LogP contribution in [0.1, 0.15) is 17.7 Å². The quantitative estimate of drug-likeness (QED) is 0.905. The van der Waals surface area contributed by atoms with Gasteiger partial charge in [-0.05, 0) is 24.9 Å². The Hall–Kier alpha value is -1.89. The molecule has 0 spiro atoms. The number of halogens is 1. The lowest BCUT2D eigenvalue weighted by Gasteiger charge is -2.03. The van der Waals surface area contributed by atoms with Crippen molar-refractivity contribution < 1.29 is 9.32 Å². The van der Waals surface area contributed by atoms with Crippen molar-refractivity contribution in [1.82, 2.24) is 19.9 Å². The first-order valence-corrected chi connectivity index (χ1v) is 5.70. The van der Waals surface area contributed by atoms with Crippen LogP contribution in [-0.2, 0) is 18.3 Å². The second kappa shape index (κ2) is 5.18. The highest BCUT2D eigenvalue weighted by molar-refractivity contribution is 6.29. The fourth-order valence-electron chi connectivity index (χ4n) is 1.48. The Bertz CT molecular complexity index is 543. The molecule has 0 radical (unpaired) electrons. The second-order valence-corrected chi connectivity index (χ2v) is 4.12. The fourth-order valence-corrected chi connectivity index (χ4v) is 1.74. The number of rotatable bonds is 4. The first-order chi connectivity index (χ1) is 8.58. The molecule has 7 nitrogen and oxygen atoms in total. The van der Waals surface area contributed by atoms with E-state index in [-0.39, 0.29) is 17.5 Å². The van der Waals surface area contributed by atoms with Crippen LogP contribution < -0.4 is 5.32 Å². The topological polar surface area (TPSA) is 85.8 Å². The number of hydrogen-bond donors (Lipinski definition) is 1. The Balaban J connectivity index is 1.91. The van der Waals surface area contributed by atoms with Crippen molar-refractivity contribution >= 4 is 23.5 Å². The molecule has 0 fully saturated rings. The number of aryl methyl sites for hydroxylation is 2. The van der Waals surface area contributed by atoms with Crippen molar-refractivity contribution in [2.75, 3.05) is 5.32 Å². The van der Waals surface area contributed by atoms with Gasteiger partial charge < -0.3 is 4.52 Å². The van der Waals surface area contributed by atoms with Gasteiger partial charge in [0.1, 0.15) is 6.33 Å². The summed E-state index contributed by atoms with van der Waals surface area (Å²) < 4.78 is 6.29. The molecule has 8 heteroatoms. The van der Waals surface area contributed by atoms with Crippen LogP contribution in [0.5, 0.6) is 0 Å². The molecule has 0 saturated carbocycles. The van der Waals surface area contributed by atoms with Crippen molar-refractivity contribution in [3.8, 4) is 0 Å². The third-order valence-corrected chi connectivity index (χ3v) is 2.80. The van der Waals surface area contributed by atoms with Crippen LogP contribution in [0.3, 0.4) is 0 Å². The van der Waals surface area contributed by atoms with Crippen LogP contribution in [-0.4, -0.2) is 25.8 Å². The minimum atomic E-state index is -0.164. The van der Waals surface area contributed by atoms with Crippen molar-refractivity contribution in [3.63, 3.8) is 0 Å². The van der Waals surface area contributed by atoms with E-state index in [2.05, 4.69) is 20.6 Å². The maximum absolute atomic E-state index is 11.7. The largest absolute Gasteiger partial charge is 0.344 e. The van der Waals surface area contributed by atoms with Crippen LogP contribution >= 0.6 is 11.6 Å². The third kappa shape index (κ3) is 2.67. The molecule has 2 aromatic heterocycles. The van der Waals surface area contributed by atoms with Crippen LogP contribution in [0, 0.1) is 6.92 Å². The summed E-state index contributed by atoms with van der Waals surface area (Å²) in [6.07, 6.45) is 2.11. The van der Waals surface area contributed by atoms with Crippen LogP contribution in [0.2, 0.25) is 5.22 Å². The molecule has 0 aliphatic heterocycles. The van der Waals surface area contributed by atoms with Gasteiger partial charge in [0.05, 0.1) is 5.69 Å². The fraction of sp³-hybridized carbons (Fsp3) is 0.400. The van der Waals surface area contributed by atoms with E-state index >= 15 is 0 Å². The van der Waals surface area contributed by atoms with Gasteiger partial charge in [-0.15, -0.1) is 0 Å². The lowest BCUT2D eigenvalue weighted by molar-refractivity contribution is -0.116. The van der Waals surface area contributed by atoms with Gasteiger partial charge in [-0.1, -0.05) is 5.16 Å². The summed E-state index contributed by atoms with van der Waals surface area (Å²) in [6, 6.07) is 0. The van der Waals surface area contributed by atoms with E-state index < -0.39 is 0 Å². The lowest BCUT2D eigenvalue weighted by atomic mass is 10.1. The van der Waals surface area contributed by atoms with Gasteiger partial charge in [-0.25, -0.2) is 4.68 Å².